The third-order valence-electron chi connectivity index (χ3n) is 3.68. The summed E-state index contributed by atoms with van der Waals surface area (Å²) in [5.74, 6) is 1.98. The van der Waals surface area contributed by atoms with Crippen molar-refractivity contribution in [2.24, 2.45) is 0 Å². The molecule has 2 N–H and O–H groups in total. The number of urea groups is 1. The molecule has 0 saturated heterocycles. The van der Waals surface area contributed by atoms with Crippen LogP contribution in [0.15, 0.2) is 55.2 Å². The number of nitrogens with zero attached hydrogens (tertiary/aromatic N) is 3. The standard InChI is InChI=1S/C18H19N5O3/c1-25-15-5-3-13(9-16(15)26-2)10-21-18(24)22-14-4-6-17(20-11-14)23-8-7-19-12-23/h3-9,11-12H,10H2,1-2H3,(H2,21,22,24). The predicted octanol–water partition coefficient (Wildman–Crippen LogP) is 2.61. The van der Waals surface area contributed by atoms with Gasteiger partial charge in [-0.2, -0.15) is 0 Å². The first-order chi connectivity index (χ1) is 12.7. The zero-order chi connectivity index (χ0) is 18.4. The molecule has 0 fully saturated rings. The van der Waals surface area contributed by atoms with Crippen molar-refractivity contribution in [3.8, 4) is 17.3 Å². The van der Waals surface area contributed by atoms with E-state index in [2.05, 4.69) is 20.6 Å². The number of aromatic nitrogens is 3. The van der Waals surface area contributed by atoms with Gasteiger partial charge in [0.25, 0.3) is 0 Å². The lowest BCUT2D eigenvalue weighted by atomic mass is 10.2. The molecule has 0 atom stereocenters. The van der Waals surface area contributed by atoms with E-state index < -0.39 is 0 Å². The molecule has 8 nitrogen and oxygen atoms in total. The smallest absolute Gasteiger partial charge is 0.319 e. The average Bonchev–Trinajstić information content (AvgIpc) is 3.21. The number of hydrogen-bond acceptors (Lipinski definition) is 5. The Morgan fingerprint density at radius 3 is 2.65 bits per heavy atom. The van der Waals surface area contributed by atoms with Gasteiger partial charge < -0.3 is 20.1 Å². The number of methoxy groups -OCH3 is 2. The van der Waals surface area contributed by atoms with Crippen molar-refractivity contribution in [3.05, 3.63) is 60.8 Å². The molecule has 0 aliphatic heterocycles. The van der Waals surface area contributed by atoms with E-state index >= 15 is 0 Å². The minimum atomic E-state index is -0.322. The molecule has 2 aromatic heterocycles. The molecule has 3 aromatic rings. The van der Waals surface area contributed by atoms with Gasteiger partial charge in [-0.25, -0.2) is 14.8 Å². The van der Waals surface area contributed by atoms with Crippen LogP contribution in [0.4, 0.5) is 10.5 Å². The zero-order valence-electron chi connectivity index (χ0n) is 14.5. The highest BCUT2D eigenvalue weighted by Crippen LogP contribution is 2.27. The SMILES string of the molecule is COc1ccc(CNC(=O)Nc2ccc(-n3ccnc3)nc2)cc1OC. The Morgan fingerprint density at radius 1 is 1.15 bits per heavy atom. The number of nitrogens with one attached hydrogen (secondary N) is 2. The summed E-state index contributed by atoms with van der Waals surface area (Å²) in [6, 6.07) is 8.73. The van der Waals surface area contributed by atoms with Gasteiger partial charge in [0.15, 0.2) is 11.5 Å². The van der Waals surface area contributed by atoms with Gasteiger partial charge in [0.1, 0.15) is 12.1 Å². The summed E-state index contributed by atoms with van der Waals surface area (Å²) >= 11 is 0. The third kappa shape index (κ3) is 4.10. The maximum atomic E-state index is 12.1. The lowest BCUT2D eigenvalue weighted by molar-refractivity contribution is 0.251. The Bertz CT molecular complexity index is 863. The summed E-state index contributed by atoms with van der Waals surface area (Å²) < 4.78 is 12.2. The molecular weight excluding hydrogens is 334 g/mol. The number of rotatable bonds is 6. The summed E-state index contributed by atoms with van der Waals surface area (Å²) in [5, 5.41) is 5.53. The van der Waals surface area contributed by atoms with Crippen molar-refractivity contribution in [3.63, 3.8) is 0 Å². The minimum absolute atomic E-state index is 0.322. The fraction of sp³-hybridized carbons (Fsp3) is 0.167. The van der Waals surface area contributed by atoms with Crippen LogP contribution in [0.3, 0.4) is 0 Å². The Morgan fingerprint density at radius 2 is 2.00 bits per heavy atom. The lowest BCUT2D eigenvalue weighted by Crippen LogP contribution is -2.28. The monoisotopic (exact) mass is 353 g/mol. The van der Waals surface area contributed by atoms with Gasteiger partial charge in [0.05, 0.1) is 26.1 Å². The number of pyridine rings is 1. The quantitative estimate of drug-likeness (QED) is 0.711. The number of ether oxygens (including phenoxy) is 2. The molecule has 1 aromatic carbocycles. The molecule has 26 heavy (non-hydrogen) atoms. The van der Waals surface area contributed by atoms with E-state index in [0.717, 1.165) is 11.4 Å². The van der Waals surface area contributed by atoms with Crippen molar-refractivity contribution in [1.82, 2.24) is 19.9 Å². The fourth-order valence-corrected chi connectivity index (χ4v) is 2.36. The topological polar surface area (TPSA) is 90.3 Å². The minimum Gasteiger partial charge on any atom is -0.493 e. The second-order valence-corrected chi connectivity index (χ2v) is 5.37. The lowest BCUT2D eigenvalue weighted by Gasteiger charge is -2.11. The van der Waals surface area contributed by atoms with E-state index in [1.807, 2.05) is 12.1 Å². The number of carbonyl (C=O) groups excluding carboxylic acids is 1. The molecule has 0 aliphatic rings. The van der Waals surface area contributed by atoms with Crippen LogP contribution < -0.4 is 20.1 Å². The van der Waals surface area contributed by atoms with Gasteiger partial charge in [-0.3, -0.25) is 4.57 Å². The first kappa shape index (κ1) is 17.3. The molecule has 134 valence electrons. The summed E-state index contributed by atoms with van der Waals surface area (Å²) in [7, 11) is 3.15. The van der Waals surface area contributed by atoms with E-state index in [4.69, 9.17) is 9.47 Å². The van der Waals surface area contributed by atoms with Crippen LogP contribution in [-0.4, -0.2) is 34.8 Å². The molecule has 0 aliphatic carbocycles. The molecule has 3 rings (SSSR count). The van der Waals surface area contributed by atoms with Crippen LogP contribution in [-0.2, 0) is 6.54 Å². The largest absolute Gasteiger partial charge is 0.493 e. The zero-order valence-corrected chi connectivity index (χ0v) is 14.5. The first-order valence-electron chi connectivity index (χ1n) is 7.89. The van der Waals surface area contributed by atoms with Gasteiger partial charge in [-0.05, 0) is 29.8 Å². The van der Waals surface area contributed by atoms with Crippen LogP contribution in [0.5, 0.6) is 11.5 Å². The maximum Gasteiger partial charge on any atom is 0.319 e. The van der Waals surface area contributed by atoms with Crippen LogP contribution in [0, 0.1) is 0 Å². The Hall–Kier alpha value is -3.55. The van der Waals surface area contributed by atoms with Crippen LogP contribution in [0.1, 0.15) is 5.56 Å². The highest BCUT2D eigenvalue weighted by atomic mass is 16.5. The summed E-state index contributed by atoms with van der Waals surface area (Å²) in [6.07, 6.45) is 6.72. The molecule has 0 bridgehead atoms. The Kier molecular flexibility index (Phi) is 5.33. The molecule has 2 heterocycles. The van der Waals surface area contributed by atoms with Gasteiger partial charge in [-0.15, -0.1) is 0 Å². The Labute approximate surface area is 150 Å². The highest BCUT2D eigenvalue weighted by molar-refractivity contribution is 5.89. The van der Waals surface area contributed by atoms with Crippen LogP contribution >= 0.6 is 0 Å². The molecule has 0 radical (unpaired) electrons. The number of anilines is 1. The van der Waals surface area contributed by atoms with Crippen molar-refractivity contribution >= 4 is 11.7 Å². The summed E-state index contributed by atoms with van der Waals surface area (Å²) in [6.45, 7) is 0.354. The van der Waals surface area contributed by atoms with Gasteiger partial charge in [0, 0.05) is 18.9 Å². The molecule has 8 heteroatoms. The van der Waals surface area contributed by atoms with E-state index in [-0.39, 0.29) is 6.03 Å². The van der Waals surface area contributed by atoms with Gasteiger partial charge >= 0.3 is 6.03 Å². The molecule has 0 unspecified atom stereocenters. The Balaban J connectivity index is 1.56. The normalized spacial score (nSPS) is 10.2. The van der Waals surface area contributed by atoms with E-state index in [1.54, 1.807) is 61.9 Å². The van der Waals surface area contributed by atoms with Crippen molar-refractivity contribution in [2.45, 2.75) is 6.54 Å². The molecular formula is C18H19N5O3. The highest BCUT2D eigenvalue weighted by Gasteiger charge is 2.07. The van der Waals surface area contributed by atoms with E-state index in [1.165, 1.54) is 0 Å². The molecule has 0 spiro atoms. The van der Waals surface area contributed by atoms with Crippen molar-refractivity contribution < 1.29 is 14.3 Å². The first-order valence-corrected chi connectivity index (χ1v) is 7.89. The second-order valence-electron chi connectivity index (χ2n) is 5.37. The van der Waals surface area contributed by atoms with Crippen LogP contribution in [0.2, 0.25) is 0 Å². The fourth-order valence-electron chi connectivity index (χ4n) is 2.36. The number of imidazole rings is 1. The van der Waals surface area contributed by atoms with E-state index in [0.29, 0.717) is 23.7 Å². The number of carbonyl (C=O) groups is 1. The molecule has 0 saturated carbocycles. The third-order valence-corrected chi connectivity index (χ3v) is 3.68. The van der Waals surface area contributed by atoms with Crippen molar-refractivity contribution in [2.75, 3.05) is 19.5 Å². The van der Waals surface area contributed by atoms with E-state index in [9.17, 15) is 4.79 Å². The van der Waals surface area contributed by atoms with Crippen molar-refractivity contribution in [1.29, 1.82) is 0 Å². The van der Waals surface area contributed by atoms with Gasteiger partial charge in [0.2, 0.25) is 0 Å². The number of hydrogen-bond donors (Lipinski definition) is 2. The summed E-state index contributed by atoms with van der Waals surface area (Å²) in [5.41, 5.74) is 1.49. The number of amides is 2. The second kappa shape index (κ2) is 8.02. The average molecular weight is 353 g/mol. The van der Waals surface area contributed by atoms with Gasteiger partial charge in [-0.1, -0.05) is 6.07 Å². The van der Waals surface area contributed by atoms with Crippen LogP contribution in [0.25, 0.3) is 5.82 Å². The summed E-state index contributed by atoms with van der Waals surface area (Å²) in [4.78, 5) is 20.3. The predicted molar refractivity (Wildman–Crippen MR) is 96.8 cm³/mol. The molecule has 2 amide bonds. The maximum absolute atomic E-state index is 12.1. The number of benzene rings is 1.